The second-order valence-electron chi connectivity index (χ2n) is 9.68. The predicted molar refractivity (Wildman–Crippen MR) is 163 cm³/mol. The first kappa shape index (κ1) is 30.7. The van der Waals surface area contributed by atoms with Crippen LogP contribution in [0.25, 0.3) is 6.08 Å². The molecule has 226 valence electrons. The van der Waals surface area contributed by atoms with E-state index in [0.717, 1.165) is 11.3 Å². The third-order valence-electron chi connectivity index (χ3n) is 6.81. The molecule has 4 aromatic rings. The van der Waals surface area contributed by atoms with Gasteiger partial charge in [-0.2, -0.15) is 0 Å². The number of hydrogen-bond donors (Lipinski definition) is 1. The second-order valence-corrected chi connectivity index (χ2v) is 11.1. The quantitative estimate of drug-likeness (QED) is 0.261. The van der Waals surface area contributed by atoms with Crippen molar-refractivity contribution in [2.24, 2.45) is 4.99 Å². The number of methoxy groups -OCH3 is 1. The maximum absolute atomic E-state index is 13.8. The van der Waals surface area contributed by atoms with Crippen LogP contribution in [-0.2, 0) is 16.1 Å². The van der Waals surface area contributed by atoms with Gasteiger partial charge in [0.05, 0.1) is 46.1 Å². The topological polar surface area (TPSA) is 116 Å². The van der Waals surface area contributed by atoms with Crippen LogP contribution >= 0.6 is 22.9 Å². The number of fused-ring (bicyclic) bond motifs is 1. The molecule has 44 heavy (non-hydrogen) atoms. The number of carbonyl (C=O) groups is 2. The SMILES string of the molecule is CCOC(=O)C1=C(C)N=c2s/c(=C\c3cc(Cl)c(OCc4cccc(C(=O)O)c4)c(OC)c3)c(=O)n2[C@@H]1c1ccc(F)cc1. The fourth-order valence-electron chi connectivity index (χ4n) is 4.82. The number of benzene rings is 3. The van der Waals surface area contributed by atoms with E-state index in [9.17, 15) is 23.9 Å². The highest BCUT2D eigenvalue weighted by molar-refractivity contribution is 7.07. The lowest BCUT2D eigenvalue weighted by atomic mass is 9.96. The van der Waals surface area contributed by atoms with Crippen molar-refractivity contribution in [2.45, 2.75) is 26.5 Å². The van der Waals surface area contributed by atoms with Gasteiger partial charge in [-0.15, -0.1) is 0 Å². The Morgan fingerprint density at radius 1 is 1.16 bits per heavy atom. The fraction of sp³-hybridized carbons (Fsp3) is 0.188. The lowest BCUT2D eigenvalue weighted by Crippen LogP contribution is -2.39. The van der Waals surface area contributed by atoms with E-state index in [1.54, 1.807) is 44.2 Å². The Morgan fingerprint density at radius 3 is 2.59 bits per heavy atom. The largest absolute Gasteiger partial charge is 0.493 e. The Balaban J connectivity index is 1.55. The summed E-state index contributed by atoms with van der Waals surface area (Å²) in [5.41, 5.74) is 2.00. The zero-order valence-corrected chi connectivity index (χ0v) is 25.4. The number of thiazole rings is 1. The number of esters is 1. The number of aromatic carboxylic acids is 1. The van der Waals surface area contributed by atoms with E-state index in [1.807, 2.05) is 0 Å². The Kier molecular flexibility index (Phi) is 8.98. The van der Waals surface area contributed by atoms with Gasteiger partial charge < -0.3 is 19.3 Å². The molecule has 1 N–H and O–H groups in total. The van der Waals surface area contributed by atoms with E-state index < -0.39 is 29.4 Å². The van der Waals surface area contributed by atoms with Crippen molar-refractivity contribution >= 4 is 41.0 Å². The fourth-order valence-corrected chi connectivity index (χ4v) is 6.14. The maximum Gasteiger partial charge on any atom is 0.338 e. The van der Waals surface area contributed by atoms with E-state index in [4.69, 9.17) is 25.8 Å². The molecule has 1 aliphatic heterocycles. The van der Waals surface area contributed by atoms with Gasteiger partial charge in [-0.1, -0.05) is 47.2 Å². The molecule has 0 spiro atoms. The van der Waals surface area contributed by atoms with E-state index in [2.05, 4.69) is 4.99 Å². The summed E-state index contributed by atoms with van der Waals surface area (Å²) in [7, 11) is 1.45. The van der Waals surface area contributed by atoms with Gasteiger partial charge in [-0.05, 0) is 73.0 Å². The first-order chi connectivity index (χ1) is 21.1. The average molecular weight is 637 g/mol. The molecule has 0 saturated heterocycles. The minimum atomic E-state index is -1.05. The molecule has 1 aromatic heterocycles. The maximum atomic E-state index is 13.8. The normalized spacial score (nSPS) is 14.6. The molecule has 0 unspecified atom stereocenters. The standard InChI is InChI=1S/C32H26ClFN2O7S/c1-4-42-31(40)26-17(2)35-32-36(27(26)20-8-10-22(34)11-9-20)29(37)25(44-32)15-19-13-23(33)28(24(14-19)41-3)43-16-18-6-5-7-21(12-18)30(38)39/h5-15,27H,4,16H2,1-3H3,(H,38,39)/b25-15-/t27-/m1/s1. The van der Waals surface area contributed by atoms with Crippen LogP contribution in [0.3, 0.4) is 0 Å². The Bertz CT molecular complexity index is 1980. The first-order valence-corrected chi connectivity index (χ1v) is 14.6. The molecule has 5 rings (SSSR count). The van der Waals surface area contributed by atoms with Gasteiger partial charge in [0.1, 0.15) is 12.4 Å². The summed E-state index contributed by atoms with van der Waals surface area (Å²) in [6, 6.07) is 14.3. The number of carbonyl (C=O) groups excluding carboxylic acids is 1. The summed E-state index contributed by atoms with van der Waals surface area (Å²) >= 11 is 7.71. The van der Waals surface area contributed by atoms with E-state index in [1.165, 1.54) is 48.1 Å². The highest BCUT2D eigenvalue weighted by atomic mass is 35.5. The molecule has 3 aromatic carbocycles. The Morgan fingerprint density at radius 2 is 1.91 bits per heavy atom. The number of nitrogens with zero attached hydrogens (tertiary/aromatic N) is 2. The van der Waals surface area contributed by atoms with Gasteiger partial charge >= 0.3 is 11.9 Å². The van der Waals surface area contributed by atoms with Crippen LogP contribution in [0.2, 0.25) is 5.02 Å². The van der Waals surface area contributed by atoms with Crippen LogP contribution in [0, 0.1) is 5.82 Å². The summed E-state index contributed by atoms with van der Waals surface area (Å²) in [4.78, 5) is 43.1. The number of halogens is 2. The zero-order chi connectivity index (χ0) is 31.5. The molecule has 1 atom stereocenters. The summed E-state index contributed by atoms with van der Waals surface area (Å²) in [5.74, 6) is -1.56. The summed E-state index contributed by atoms with van der Waals surface area (Å²) in [6.07, 6.45) is 1.63. The molecular formula is C32H26ClFN2O7S. The smallest absolute Gasteiger partial charge is 0.338 e. The third-order valence-corrected chi connectivity index (χ3v) is 8.07. The van der Waals surface area contributed by atoms with Gasteiger partial charge in [0.2, 0.25) is 0 Å². The molecule has 0 saturated carbocycles. The van der Waals surface area contributed by atoms with Gasteiger partial charge in [-0.3, -0.25) is 9.36 Å². The van der Waals surface area contributed by atoms with Crippen LogP contribution in [0.15, 0.2) is 81.7 Å². The lowest BCUT2D eigenvalue weighted by molar-refractivity contribution is -0.139. The van der Waals surface area contributed by atoms with E-state index in [0.29, 0.717) is 37.5 Å². The van der Waals surface area contributed by atoms with E-state index >= 15 is 0 Å². The van der Waals surface area contributed by atoms with Crippen molar-refractivity contribution in [2.75, 3.05) is 13.7 Å². The molecule has 0 fully saturated rings. The molecule has 0 bridgehead atoms. The number of carboxylic acids is 1. The van der Waals surface area contributed by atoms with E-state index in [-0.39, 0.29) is 35.1 Å². The van der Waals surface area contributed by atoms with Crippen molar-refractivity contribution in [1.82, 2.24) is 4.57 Å². The molecule has 9 nitrogen and oxygen atoms in total. The first-order valence-electron chi connectivity index (χ1n) is 13.4. The number of allylic oxidation sites excluding steroid dienone is 1. The molecule has 0 aliphatic carbocycles. The van der Waals surface area contributed by atoms with Crippen molar-refractivity contribution in [3.05, 3.63) is 125 Å². The molecule has 1 aliphatic rings. The summed E-state index contributed by atoms with van der Waals surface area (Å²) < 4.78 is 32.2. The monoisotopic (exact) mass is 636 g/mol. The minimum Gasteiger partial charge on any atom is -0.493 e. The van der Waals surface area contributed by atoms with Crippen LogP contribution < -0.4 is 24.4 Å². The van der Waals surface area contributed by atoms with Crippen molar-refractivity contribution in [3.63, 3.8) is 0 Å². The molecular weight excluding hydrogens is 611 g/mol. The van der Waals surface area contributed by atoms with Gasteiger partial charge in [0.15, 0.2) is 16.3 Å². The van der Waals surface area contributed by atoms with Crippen molar-refractivity contribution in [1.29, 1.82) is 0 Å². The third kappa shape index (κ3) is 6.15. The number of hydrogen-bond acceptors (Lipinski definition) is 8. The molecule has 0 amide bonds. The van der Waals surface area contributed by atoms with Crippen LogP contribution in [0.1, 0.15) is 46.9 Å². The predicted octanol–water partition coefficient (Wildman–Crippen LogP) is 4.88. The lowest BCUT2D eigenvalue weighted by Gasteiger charge is -2.24. The highest BCUT2D eigenvalue weighted by Crippen LogP contribution is 2.37. The number of aromatic nitrogens is 1. The molecule has 2 heterocycles. The zero-order valence-electron chi connectivity index (χ0n) is 23.8. The van der Waals surface area contributed by atoms with Gasteiger partial charge in [-0.25, -0.2) is 19.0 Å². The highest BCUT2D eigenvalue weighted by Gasteiger charge is 2.33. The van der Waals surface area contributed by atoms with Crippen LogP contribution in [-0.4, -0.2) is 35.3 Å². The van der Waals surface area contributed by atoms with Crippen LogP contribution in [0.5, 0.6) is 11.5 Å². The number of ether oxygens (including phenoxy) is 3. The van der Waals surface area contributed by atoms with Crippen molar-refractivity contribution in [3.8, 4) is 11.5 Å². The van der Waals surface area contributed by atoms with Gasteiger partial charge in [0.25, 0.3) is 5.56 Å². The van der Waals surface area contributed by atoms with Crippen molar-refractivity contribution < 1.29 is 33.3 Å². The number of rotatable bonds is 9. The second kappa shape index (κ2) is 12.9. The Labute approximate surface area is 259 Å². The minimum absolute atomic E-state index is 0.0423. The molecule has 0 radical (unpaired) electrons. The molecule has 12 heteroatoms. The summed E-state index contributed by atoms with van der Waals surface area (Å²) in [5, 5.41) is 9.46. The van der Waals surface area contributed by atoms with Gasteiger partial charge in [0, 0.05) is 0 Å². The average Bonchev–Trinajstić information content (AvgIpc) is 3.30. The number of carboxylic acid groups (broad SMARTS) is 1. The Hall–Kier alpha value is -4.74. The summed E-state index contributed by atoms with van der Waals surface area (Å²) in [6.45, 7) is 3.53. The van der Waals surface area contributed by atoms with Crippen LogP contribution in [0.4, 0.5) is 4.39 Å².